The Bertz CT molecular complexity index is 528. The molecule has 0 aliphatic rings. The number of carbonyl (C=O) groups is 3. The van der Waals surface area contributed by atoms with Crippen LogP contribution >= 0.6 is 0 Å². The second-order valence-electron chi connectivity index (χ2n) is 5.52. The average Bonchev–Trinajstić information content (AvgIpc) is 2.45. The molecule has 0 fully saturated rings. The highest BCUT2D eigenvalue weighted by Crippen LogP contribution is 2.05. The molecule has 2 unspecified atom stereocenters. The molecule has 0 radical (unpaired) electrons. The number of hydrogen-bond acceptors (Lipinski definition) is 3. The summed E-state index contributed by atoms with van der Waals surface area (Å²) in [6.07, 6.45) is 0.172. The van der Waals surface area contributed by atoms with E-state index in [4.69, 9.17) is 5.11 Å². The number of carboxylic acids is 1. The molecule has 6 nitrogen and oxygen atoms in total. The van der Waals surface area contributed by atoms with E-state index in [1.54, 1.807) is 13.8 Å². The Morgan fingerprint density at radius 3 is 2.14 bits per heavy atom. The van der Waals surface area contributed by atoms with Gasteiger partial charge in [0.05, 0.1) is 6.42 Å². The number of rotatable bonds is 7. The topological polar surface area (TPSA) is 95.5 Å². The van der Waals surface area contributed by atoms with Crippen molar-refractivity contribution in [3.05, 3.63) is 35.9 Å². The maximum absolute atomic E-state index is 12.1. The van der Waals surface area contributed by atoms with Crippen LogP contribution in [0.4, 0.5) is 0 Å². The Morgan fingerprint density at radius 2 is 1.64 bits per heavy atom. The summed E-state index contributed by atoms with van der Waals surface area (Å²) in [7, 11) is 0. The molecule has 2 atom stereocenters. The normalized spacial score (nSPS) is 13.3. The zero-order chi connectivity index (χ0) is 16.7. The molecule has 0 saturated carbocycles. The molecule has 6 heteroatoms. The molecule has 2 amide bonds. The van der Waals surface area contributed by atoms with E-state index in [1.807, 2.05) is 30.3 Å². The number of hydrogen-bond donors (Lipinski definition) is 3. The van der Waals surface area contributed by atoms with Crippen LogP contribution in [0.25, 0.3) is 0 Å². The van der Waals surface area contributed by atoms with Crippen molar-refractivity contribution in [2.75, 3.05) is 0 Å². The molecule has 0 aliphatic carbocycles. The molecule has 0 heterocycles. The summed E-state index contributed by atoms with van der Waals surface area (Å²) in [5.41, 5.74) is 0.849. The number of carbonyl (C=O) groups excluding carboxylic acids is 2. The van der Waals surface area contributed by atoms with Crippen molar-refractivity contribution < 1.29 is 19.5 Å². The summed E-state index contributed by atoms with van der Waals surface area (Å²) in [6.45, 7) is 4.96. The molecule has 0 spiro atoms. The van der Waals surface area contributed by atoms with Crippen molar-refractivity contribution in [1.29, 1.82) is 0 Å². The van der Waals surface area contributed by atoms with Crippen LogP contribution in [0.3, 0.4) is 0 Å². The van der Waals surface area contributed by atoms with E-state index in [0.717, 1.165) is 5.56 Å². The van der Waals surface area contributed by atoms with Crippen molar-refractivity contribution in [1.82, 2.24) is 10.6 Å². The van der Waals surface area contributed by atoms with Crippen LogP contribution in [0.2, 0.25) is 0 Å². The van der Waals surface area contributed by atoms with E-state index in [9.17, 15) is 14.4 Å². The van der Waals surface area contributed by atoms with E-state index in [0.29, 0.717) is 0 Å². The van der Waals surface area contributed by atoms with Gasteiger partial charge in [0.2, 0.25) is 11.8 Å². The van der Waals surface area contributed by atoms with E-state index in [-0.39, 0.29) is 18.2 Å². The highest BCUT2D eigenvalue weighted by molar-refractivity contribution is 5.90. The molecule has 0 saturated heterocycles. The molecular weight excluding hydrogens is 284 g/mol. The standard InChI is InChI=1S/C16H22N2O4/c1-10(2)14(15(20)17-11(3)16(21)22)18-13(19)9-12-7-5-4-6-8-12/h4-8,10-11,14H,9H2,1-3H3,(H,17,20)(H,18,19)(H,21,22). The van der Waals surface area contributed by atoms with Gasteiger partial charge in [-0.05, 0) is 18.4 Å². The Morgan fingerprint density at radius 1 is 1.05 bits per heavy atom. The van der Waals surface area contributed by atoms with Crippen molar-refractivity contribution >= 4 is 17.8 Å². The van der Waals surface area contributed by atoms with Crippen molar-refractivity contribution in [2.45, 2.75) is 39.3 Å². The highest BCUT2D eigenvalue weighted by Gasteiger charge is 2.26. The van der Waals surface area contributed by atoms with Gasteiger partial charge in [0.1, 0.15) is 12.1 Å². The van der Waals surface area contributed by atoms with Crippen molar-refractivity contribution in [3.8, 4) is 0 Å². The van der Waals surface area contributed by atoms with E-state index in [2.05, 4.69) is 10.6 Å². The first-order valence-corrected chi connectivity index (χ1v) is 7.17. The third kappa shape index (κ3) is 5.55. The molecular formula is C16H22N2O4. The Hall–Kier alpha value is -2.37. The smallest absolute Gasteiger partial charge is 0.325 e. The van der Waals surface area contributed by atoms with Crippen LogP contribution in [0, 0.1) is 5.92 Å². The van der Waals surface area contributed by atoms with Gasteiger partial charge in [-0.1, -0.05) is 44.2 Å². The summed E-state index contributed by atoms with van der Waals surface area (Å²) in [5, 5.41) is 13.9. The summed E-state index contributed by atoms with van der Waals surface area (Å²) in [6, 6.07) is 7.43. The third-order valence-corrected chi connectivity index (χ3v) is 3.20. The molecule has 0 aliphatic heterocycles. The van der Waals surface area contributed by atoms with Gasteiger partial charge in [-0.25, -0.2) is 0 Å². The predicted octanol–water partition coefficient (Wildman–Crippen LogP) is 0.959. The number of amides is 2. The molecule has 1 aromatic carbocycles. The highest BCUT2D eigenvalue weighted by atomic mass is 16.4. The zero-order valence-corrected chi connectivity index (χ0v) is 13.0. The first kappa shape index (κ1) is 17.7. The number of benzene rings is 1. The SMILES string of the molecule is CC(NC(=O)C(NC(=O)Cc1ccccc1)C(C)C)C(=O)O. The second kappa shape index (κ2) is 8.17. The molecule has 0 aromatic heterocycles. The fraction of sp³-hybridized carbons (Fsp3) is 0.438. The van der Waals surface area contributed by atoms with Crippen molar-refractivity contribution in [3.63, 3.8) is 0 Å². The molecule has 22 heavy (non-hydrogen) atoms. The number of nitrogens with one attached hydrogen (secondary N) is 2. The first-order chi connectivity index (χ1) is 10.3. The van der Waals surface area contributed by atoms with Crippen LogP contribution in [-0.2, 0) is 20.8 Å². The first-order valence-electron chi connectivity index (χ1n) is 7.17. The molecule has 0 bridgehead atoms. The molecule has 1 rings (SSSR count). The van der Waals surface area contributed by atoms with E-state index in [1.165, 1.54) is 6.92 Å². The average molecular weight is 306 g/mol. The van der Waals surface area contributed by atoms with Gasteiger partial charge >= 0.3 is 5.97 Å². The quantitative estimate of drug-likeness (QED) is 0.699. The maximum atomic E-state index is 12.1. The largest absolute Gasteiger partial charge is 0.480 e. The van der Waals surface area contributed by atoms with Crippen LogP contribution in [0.5, 0.6) is 0 Å². The van der Waals surface area contributed by atoms with Crippen LogP contribution < -0.4 is 10.6 Å². The molecule has 3 N–H and O–H groups in total. The summed E-state index contributed by atoms with van der Waals surface area (Å²) in [5.74, 6) is -2.04. The van der Waals surface area contributed by atoms with Gasteiger partial charge in [-0.15, -0.1) is 0 Å². The third-order valence-electron chi connectivity index (χ3n) is 3.20. The van der Waals surface area contributed by atoms with Crippen LogP contribution in [-0.4, -0.2) is 35.0 Å². The van der Waals surface area contributed by atoms with Crippen LogP contribution in [0.15, 0.2) is 30.3 Å². The summed E-state index contributed by atoms with van der Waals surface area (Å²) < 4.78 is 0. The van der Waals surface area contributed by atoms with Gasteiger partial charge in [0, 0.05) is 0 Å². The minimum absolute atomic E-state index is 0.152. The van der Waals surface area contributed by atoms with Crippen LogP contribution in [0.1, 0.15) is 26.3 Å². The lowest BCUT2D eigenvalue weighted by Gasteiger charge is -2.23. The predicted molar refractivity (Wildman–Crippen MR) is 82.2 cm³/mol. The molecule has 120 valence electrons. The van der Waals surface area contributed by atoms with Gasteiger partial charge in [-0.3, -0.25) is 14.4 Å². The Kier molecular flexibility index (Phi) is 6.56. The molecule has 1 aromatic rings. The summed E-state index contributed by atoms with van der Waals surface area (Å²) in [4.78, 5) is 34.9. The Balaban J connectivity index is 2.65. The second-order valence-corrected chi connectivity index (χ2v) is 5.52. The van der Waals surface area contributed by atoms with Gasteiger partial charge in [0.15, 0.2) is 0 Å². The van der Waals surface area contributed by atoms with Gasteiger partial charge in [-0.2, -0.15) is 0 Å². The van der Waals surface area contributed by atoms with Crippen molar-refractivity contribution in [2.24, 2.45) is 5.92 Å². The number of aliphatic carboxylic acids is 1. The van der Waals surface area contributed by atoms with E-state index >= 15 is 0 Å². The van der Waals surface area contributed by atoms with Gasteiger partial charge < -0.3 is 15.7 Å². The summed E-state index contributed by atoms with van der Waals surface area (Å²) >= 11 is 0. The van der Waals surface area contributed by atoms with Gasteiger partial charge in [0.25, 0.3) is 0 Å². The lowest BCUT2D eigenvalue weighted by atomic mass is 10.0. The fourth-order valence-electron chi connectivity index (χ4n) is 1.91. The van der Waals surface area contributed by atoms with E-state index < -0.39 is 24.0 Å². The minimum Gasteiger partial charge on any atom is -0.480 e. The lowest BCUT2D eigenvalue weighted by Crippen LogP contribution is -2.53. The lowest BCUT2D eigenvalue weighted by molar-refractivity contribution is -0.141. The Labute approximate surface area is 129 Å². The fourth-order valence-corrected chi connectivity index (χ4v) is 1.91. The minimum atomic E-state index is -1.12. The monoisotopic (exact) mass is 306 g/mol. The zero-order valence-electron chi connectivity index (χ0n) is 13.0. The number of carboxylic acid groups (broad SMARTS) is 1. The maximum Gasteiger partial charge on any atom is 0.325 e.